The van der Waals surface area contributed by atoms with E-state index >= 15 is 0 Å². The molecular weight excluding hydrogens is 248 g/mol. The van der Waals surface area contributed by atoms with Crippen molar-refractivity contribution in [2.24, 2.45) is 5.73 Å². The van der Waals surface area contributed by atoms with Gasteiger partial charge in [0.05, 0.1) is 5.69 Å². The summed E-state index contributed by atoms with van der Waals surface area (Å²) < 4.78 is 0. The van der Waals surface area contributed by atoms with Gasteiger partial charge in [0.25, 0.3) is 0 Å². The third-order valence-corrected chi connectivity index (χ3v) is 4.17. The van der Waals surface area contributed by atoms with Crippen molar-refractivity contribution in [1.29, 1.82) is 0 Å². The van der Waals surface area contributed by atoms with Crippen LogP contribution in [0.3, 0.4) is 0 Å². The van der Waals surface area contributed by atoms with Gasteiger partial charge in [0.1, 0.15) is 0 Å². The van der Waals surface area contributed by atoms with Gasteiger partial charge in [-0.05, 0) is 50.9 Å². The normalized spacial score (nSPS) is 19.4. The highest BCUT2D eigenvalue weighted by Crippen LogP contribution is 2.24. The van der Waals surface area contributed by atoms with Crippen LogP contribution in [0.2, 0.25) is 0 Å². The molecule has 4 heteroatoms. The summed E-state index contributed by atoms with van der Waals surface area (Å²) in [6.45, 7) is 3.01. The molecule has 1 saturated heterocycles. The number of hydrogen-bond donors (Lipinski definition) is 1. The van der Waals surface area contributed by atoms with E-state index in [1.54, 1.807) is 0 Å². The molecule has 0 aromatic carbocycles. The summed E-state index contributed by atoms with van der Waals surface area (Å²) in [5, 5.41) is 0. The van der Waals surface area contributed by atoms with Gasteiger partial charge in [-0.1, -0.05) is 6.42 Å². The van der Waals surface area contributed by atoms with Crippen LogP contribution in [-0.4, -0.2) is 43.1 Å². The lowest BCUT2D eigenvalue weighted by molar-refractivity contribution is 0.228. The van der Waals surface area contributed by atoms with Gasteiger partial charge < -0.3 is 10.6 Å². The highest BCUT2D eigenvalue weighted by molar-refractivity contribution is 5.44. The van der Waals surface area contributed by atoms with Gasteiger partial charge in [-0.3, -0.25) is 9.88 Å². The Morgan fingerprint density at radius 3 is 3.00 bits per heavy atom. The number of aromatic nitrogens is 1. The van der Waals surface area contributed by atoms with Crippen LogP contribution in [0.15, 0.2) is 18.3 Å². The third kappa shape index (κ3) is 4.18. The van der Waals surface area contributed by atoms with Crippen LogP contribution in [0.1, 0.15) is 37.8 Å². The molecule has 0 spiro atoms. The topological polar surface area (TPSA) is 45.4 Å². The quantitative estimate of drug-likeness (QED) is 0.776. The van der Waals surface area contributed by atoms with E-state index in [1.807, 2.05) is 6.20 Å². The van der Waals surface area contributed by atoms with E-state index in [4.69, 9.17) is 5.73 Å². The molecule has 0 aliphatic carbocycles. The molecule has 0 unspecified atom stereocenters. The summed E-state index contributed by atoms with van der Waals surface area (Å²) in [6.07, 6.45) is 8.26. The van der Waals surface area contributed by atoms with Gasteiger partial charge >= 0.3 is 0 Å². The standard InChI is InChI=1S/C16H28N4/c1-19(2)16-8-10-18-14(12-16)13-20-11-5-7-15(20)6-3-4-9-17/h8,10,12,15H,3-7,9,11,13,17H2,1-2H3/t15-/m1/s1. The van der Waals surface area contributed by atoms with Crippen LogP contribution in [0.4, 0.5) is 5.69 Å². The Kier molecular flexibility index (Phi) is 5.80. The molecule has 2 heterocycles. The van der Waals surface area contributed by atoms with Crippen molar-refractivity contribution >= 4 is 5.69 Å². The zero-order valence-electron chi connectivity index (χ0n) is 12.9. The maximum atomic E-state index is 5.59. The molecule has 1 aliphatic rings. The molecule has 1 fully saturated rings. The van der Waals surface area contributed by atoms with Crippen LogP contribution in [0.5, 0.6) is 0 Å². The monoisotopic (exact) mass is 276 g/mol. The molecule has 20 heavy (non-hydrogen) atoms. The predicted molar refractivity (Wildman–Crippen MR) is 84.9 cm³/mol. The molecule has 1 aromatic heterocycles. The molecule has 4 nitrogen and oxygen atoms in total. The SMILES string of the molecule is CN(C)c1ccnc(CN2CCC[C@H]2CCCCN)c1. The smallest absolute Gasteiger partial charge is 0.0564 e. The second kappa shape index (κ2) is 7.60. The molecule has 1 aromatic rings. The molecule has 0 saturated carbocycles. The summed E-state index contributed by atoms with van der Waals surface area (Å²) in [5.41, 5.74) is 8.00. The second-order valence-electron chi connectivity index (χ2n) is 5.95. The van der Waals surface area contributed by atoms with E-state index in [0.29, 0.717) is 0 Å². The number of hydrogen-bond acceptors (Lipinski definition) is 4. The zero-order chi connectivity index (χ0) is 14.4. The molecule has 2 rings (SSSR count). The minimum absolute atomic E-state index is 0.728. The lowest BCUT2D eigenvalue weighted by atomic mass is 10.1. The first-order valence-corrected chi connectivity index (χ1v) is 7.77. The molecular formula is C16H28N4. The first-order chi connectivity index (χ1) is 9.70. The largest absolute Gasteiger partial charge is 0.378 e. The number of unbranched alkanes of at least 4 members (excludes halogenated alkanes) is 1. The average molecular weight is 276 g/mol. The predicted octanol–water partition coefficient (Wildman–Crippen LogP) is 2.24. The maximum Gasteiger partial charge on any atom is 0.0564 e. The van der Waals surface area contributed by atoms with Gasteiger partial charge in [0.15, 0.2) is 0 Å². The van der Waals surface area contributed by atoms with Gasteiger partial charge in [0, 0.05) is 38.6 Å². The fourth-order valence-electron chi connectivity index (χ4n) is 2.99. The van der Waals surface area contributed by atoms with Crippen molar-refractivity contribution in [3.63, 3.8) is 0 Å². The van der Waals surface area contributed by atoms with Gasteiger partial charge in [0.2, 0.25) is 0 Å². The number of likely N-dealkylation sites (tertiary alicyclic amines) is 1. The lowest BCUT2D eigenvalue weighted by Crippen LogP contribution is -2.29. The first-order valence-electron chi connectivity index (χ1n) is 7.77. The summed E-state index contributed by atoms with van der Waals surface area (Å²) in [5.74, 6) is 0. The second-order valence-corrected chi connectivity index (χ2v) is 5.95. The Labute approximate surface area is 123 Å². The Bertz CT molecular complexity index is 405. The molecule has 1 aliphatic heterocycles. The Morgan fingerprint density at radius 2 is 2.25 bits per heavy atom. The van der Waals surface area contributed by atoms with Crippen LogP contribution in [0, 0.1) is 0 Å². The summed E-state index contributed by atoms with van der Waals surface area (Å²) in [7, 11) is 4.15. The lowest BCUT2D eigenvalue weighted by Gasteiger charge is -2.24. The highest BCUT2D eigenvalue weighted by Gasteiger charge is 2.24. The fourth-order valence-corrected chi connectivity index (χ4v) is 2.99. The molecule has 112 valence electrons. The Morgan fingerprint density at radius 1 is 1.40 bits per heavy atom. The van der Waals surface area contributed by atoms with Crippen LogP contribution in [-0.2, 0) is 6.54 Å². The summed E-state index contributed by atoms with van der Waals surface area (Å²) >= 11 is 0. The number of pyridine rings is 1. The summed E-state index contributed by atoms with van der Waals surface area (Å²) in [6, 6.07) is 4.99. The highest BCUT2D eigenvalue weighted by atomic mass is 15.2. The van der Waals surface area contributed by atoms with Crippen molar-refractivity contribution in [3.05, 3.63) is 24.0 Å². The molecule has 2 N–H and O–H groups in total. The minimum Gasteiger partial charge on any atom is -0.378 e. The van der Waals surface area contributed by atoms with Crippen molar-refractivity contribution in [2.75, 3.05) is 32.1 Å². The van der Waals surface area contributed by atoms with Crippen LogP contribution < -0.4 is 10.6 Å². The molecule has 0 bridgehead atoms. The maximum absolute atomic E-state index is 5.59. The molecule has 1 atom stereocenters. The van der Waals surface area contributed by atoms with Crippen molar-refractivity contribution in [3.8, 4) is 0 Å². The fraction of sp³-hybridized carbons (Fsp3) is 0.688. The van der Waals surface area contributed by atoms with Crippen molar-refractivity contribution in [2.45, 2.75) is 44.7 Å². The molecule has 0 radical (unpaired) electrons. The van der Waals surface area contributed by atoms with E-state index in [0.717, 1.165) is 25.6 Å². The van der Waals surface area contributed by atoms with E-state index in [1.165, 1.54) is 43.6 Å². The Balaban J connectivity index is 1.92. The number of nitrogens with zero attached hydrogens (tertiary/aromatic N) is 3. The van der Waals surface area contributed by atoms with Crippen LogP contribution in [0.25, 0.3) is 0 Å². The van der Waals surface area contributed by atoms with E-state index in [9.17, 15) is 0 Å². The van der Waals surface area contributed by atoms with Crippen LogP contribution >= 0.6 is 0 Å². The van der Waals surface area contributed by atoms with Gasteiger partial charge in [-0.2, -0.15) is 0 Å². The van der Waals surface area contributed by atoms with Gasteiger partial charge in [-0.25, -0.2) is 0 Å². The van der Waals surface area contributed by atoms with E-state index in [-0.39, 0.29) is 0 Å². The average Bonchev–Trinajstić information content (AvgIpc) is 2.87. The van der Waals surface area contributed by atoms with Gasteiger partial charge in [-0.15, -0.1) is 0 Å². The summed E-state index contributed by atoms with van der Waals surface area (Å²) in [4.78, 5) is 9.26. The minimum atomic E-state index is 0.728. The van der Waals surface area contributed by atoms with E-state index in [2.05, 4.69) is 41.0 Å². The zero-order valence-corrected chi connectivity index (χ0v) is 12.9. The van der Waals surface area contributed by atoms with Crippen molar-refractivity contribution in [1.82, 2.24) is 9.88 Å². The number of anilines is 1. The molecule has 0 amide bonds. The first kappa shape index (κ1) is 15.3. The number of nitrogens with two attached hydrogens (primary N) is 1. The van der Waals surface area contributed by atoms with E-state index < -0.39 is 0 Å². The third-order valence-electron chi connectivity index (χ3n) is 4.17. The number of rotatable bonds is 7. The van der Waals surface area contributed by atoms with Crippen molar-refractivity contribution < 1.29 is 0 Å². The Hall–Kier alpha value is -1.13.